The van der Waals surface area contributed by atoms with Crippen molar-refractivity contribution >= 4 is 12.4 Å². The third kappa shape index (κ3) is 3.58. The van der Waals surface area contributed by atoms with Crippen LogP contribution in [0.2, 0.25) is 0 Å². The molecule has 23 heavy (non-hydrogen) atoms. The number of halogens is 6. The van der Waals surface area contributed by atoms with Crippen LogP contribution in [0.15, 0.2) is 24.4 Å². The largest absolute Gasteiger partial charge is 0.417 e. The molecule has 4 nitrogen and oxygen atoms in total. The number of alkyl halides is 6. The van der Waals surface area contributed by atoms with Gasteiger partial charge in [-0.05, 0) is 23.8 Å². The SMILES string of the molecule is O=C/C=C/c1c(C(F)(F)F)cc(-c2cn[nH]n2)cc1C(F)(F)F. The number of hydrogen-bond acceptors (Lipinski definition) is 3. The van der Waals surface area contributed by atoms with Gasteiger partial charge in [0, 0.05) is 5.56 Å². The predicted octanol–water partition coefficient (Wildman–Crippen LogP) is 3.72. The van der Waals surface area contributed by atoms with Crippen molar-refractivity contribution in [1.29, 1.82) is 0 Å². The maximum atomic E-state index is 13.1. The number of allylic oxidation sites excluding steroid dienone is 1. The minimum Gasteiger partial charge on any atom is -0.299 e. The Labute approximate surface area is 124 Å². The van der Waals surface area contributed by atoms with Crippen LogP contribution in [0, 0.1) is 0 Å². The van der Waals surface area contributed by atoms with Crippen molar-refractivity contribution in [2.75, 3.05) is 0 Å². The van der Waals surface area contributed by atoms with Crippen LogP contribution in [0.1, 0.15) is 16.7 Å². The molecule has 0 saturated heterocycles. The number of carbonyl (C=O) groups excluding carboxylic acids is 1. The lowest BCUT2D eigenvalue weighted by Gasteiger charge is -2.18. The van der Waals surface area contributed by atoms with E-state index in [1.54, 1.807) is 0 Å². The topological polar surface area (TPSA) is 58.6 Å². The molecule has 0 bridgehead atoms. The lowest BCUT2D eigenvalue weighted by atomic mass is 9.95. The van der Waals surface area contributed by atoms with Gasteiger partial charge in [0.1, 0.15) is 12.0 Å². The van der Waals surface area contributed by atoms with Crippen LogP contribution in [0.3, 0.4) is 0 Å². The van der Waals surface area contributed by atoms with Gasteiger partial charge in [-0.3, -0.25) is 4.79 Å². The fraction of sp³-hybridized carbons (Fsp3) is 0.154. The molecule has 1 aromatic heterocycles. The number of benzene rings is 1. The van der Waals surface area contributed by atoms with Gasteiger partial charge >= 0.3 is 12.4 Å². The summed E-state index contributed by atoms with van der Waals surface area (Å²) < 4.78 is 78.8. The standard InChI is InChI=1S/C13H7F6N3O/c14-12(15,16)9-4-7(11-6-20-22-21-11)5-10(13(17,18)19)8(9)2-1-3-23/h1-6H,(H,20,21,22)/b2-1+. The number of hydrogen-bond donors (Lipinski definition) is 1. The summed E-state index contributed by atoms with van der Waals surface area (Å²) in [6.07, 6.45) is -7.98. The van der Waals surface area contributed by atoms with Crippen LogP contribution in [-0.4, -0.2) is 21.7 Å². The number of aromatic nitrogens is 3. The second-order valence-electron chi connectivity index (χ2n) is 4.33. The molecule has 0 atom stereocenters. The van der Waals surface area contributed by atoms with E-state index in [4.69, 9.17) is 0 Å². The Balaban J connectivity index is 2.83. The molecule has 0 unspecified atom stereocenters. The second kappa shape index (κ2) is 5.86. The highest BCUT2D eigenvalue weighted by atomic mass is 19.4. The van der Waals surface area contributed by atoms with Crippen LogP contribution in [0.5, 0.6) is 0 Å². The quantitative estimate of drug-likeness (QED) is 0.528. The number of carbonyl (C=O) groups is 1. The van der Waals surface area contributed by atoms with Crippen molar-refractivity contribution in [1.82, 2.24) is 15.4 Å². The molecule has 10 heteroatoms. The van der Waals surface area contributed by atoms with Gasteiger partial charge in [-0.2, -0.15) is 41.8 Å². The Bertz CT molecular complexity index is 696. The molecular formula is C13H7F6N3O. The molecular weight excluding hydrogens is 328 g/mol. The molecule has 0 aliphatic rings. The lowest BCUT2D eigenvalue weighted by molar-refractivity contribution is -0.143. The number of aromatic amines is 1. The van der Waals surface area contributed by atoms with E-state index in [9.17, 15) is 31.1 Å². The van der Waals surface area contributed by atoms with Crippen molar-refractivity contribution in [3.8, 4) is 11.3 Å². The predicted molar refractivity (Wildman–Crippen MR) is 66.9 cm³/mol. The Morgan fingerprint density at radius 3 is 1.96 bits per heavy atom. The maximum absolute atomic E-state index is 13.1. The average Bonchev–Trinajstić information content (AvgIpc) is 2.96. The molecule has 0 amide bonds. The van der Waals surface area contributed by atoms with Crippen LogP contribution in [0.25, 0.3) is 17.3 Å². The molecule has 1 aromatic carbocycles. The summed E-state index contributed by atoms with van der Waals surface area (Å²) in [5, 5.41) is 8.95. The lowest BCUT2D eigenvalue weighted by Crippen LogP contribution is -2.15. The van der Waals surface area contributed by atoms with Crippen molar-refractivity contribution in [3.05, 3.63) is 41.1 Å². The van der Waals surface area contributed by atoms with Crippen molar-refractivity contribution in [2.24, 2.45) is 0 Å². The first-order valence-electron chi connectivity index (χ1n) is 5.95. The first-order chi connectivity index (χ1) is 10.6. The molecule has 1 N–H and O–H groups in total. The van der Waals surface area contributed by atoms with E-state index in [-0.39, 0.29) is 12.0 Å². The Morgan fingerprint density at radius 2 is 1.57 bits per heavy atom. The van der Waals surface area contributed by atoms with Crippen LogP contribution in [0.4, 0.5) is 26.3 Å². The van der Waals surface area contributed by atoms with E-state index in [2.05, 4.69) is 15.4 Å². The third-order valence-electron chi connectivity index (χ3n) is 2.84. The minimum atomic E-state index is -5.05. The molecule has 2 rings (SSSR count). The van der Waals surface area contributed by atoms with E-state index >= 15 is 0 Å². The Kier molecular flexibility index (Phi) is 4.26. The first kappa shape index (κ1) is 16.7. The summed E-state index contributed by atoms with van der Waals surface area (Å²) in [7, 11) is 0. The highest BCUT2D eigenvalue weighted by Crippen LogP contribution is 2.42. The molecule has 0 saturated carbocycles. The molecule has 0 radical (unpaired) electrons. The number of aldehydes is 1. The van der Waals surface area contributed by atoms with Gasteiger partial charge in [0.2, 0.25) is 0 Å². The molecule has 0 aliphatic carbocycles. The van der Waals surface area contributed by atoms with Gasteiger partial charge < -0.3 is 0 Å². The fourth-order valence-corrected chi connectivity index (χ4v) is 1.93. The normalized spacial score (nSPS) is 12.8. The zero-order valence-electron chi connectivity index (χ0n) is 11.0. The van der Waals surface area contributed by atoms with E-state index in [1.165, 1.54) is 0 Å². The minimum absolute atomic E-state index is 0.0891. The maximum Gasteiger partial charge on any atom is 0.417 e. The van der Waals surface area contributed by atoms with Crippen LogP contribution in [-0.2, 0) is 17.1 Å². The van der Waals surface area contributed by atoms with Gasteiger partial charge in [0.05, 0.1) is 17.3 Å². The van der Waals surface area contributed by atoms with Gasteiger partial charge in [-0.25, -0.2) is 0 Å². The second-order valence-corrected chi connectivity index (χ2v) is 4.33. The monoisotopic (exact) mass is 335 g/mol. The number of nitrogens with zero attached hydrogens (tertiary/aromatic N) is 2. The smallest absolute Gasteiger partial charge is 0.299 e. The van der Waals surface area contributed by atoms with Crippen molar-refractivity contribution < 1.29 is 31.1 Å². The van der Waals surface area contributed by atoms with Gasteiger partial charge in [0.25, 0.3) is 0 Å². The summed E-state index contributed by atoms with van der Waals surface area (Å²) in [5.74, 6) is 0. The van der Waals surface area contributed by atoms with E-state index in [0.29, 0.717) is 24.3 Å². The summed E-state index contributed by atoms with van der Waals surface area (Å²) in [4.78, 5) is 10.3. The third-order valence-corrected chi connectivity index (χ3v) is 2.84. The number of rotatable bonds is 3. The highest BCUT2D eigenvalue weighted by molar-refractivity contribution is 5.77. The van der Waals surface area contributed by atoms with Gasteiger partial charge in [-0.1, -0.05) is 6.08 Å². The molecule has 0 spiro atoms. The zero-order valence-corrected chi connectivity index (χ0v) is 11.0. The van der Waals surface area contributed by atoms with Gasteiger partial charge in [-0.15, -0.1) is 0 Å². The first-order valence-corrected chi connectivity index (χ1v) is 5.95. The van der Waals surface area contributed by atoms with E-state index in [0.717, 1.165) is 6.20 Å². The van der Waals surface area contributed by atoms with Crippen LogP contribution >= 0.6 is 0 Å². The fourth-order valence-electron chi connectivity index (χ4n) is 1.93. The molecule has 0 fully saturated rings. The van der Waals surface area contributed by atoms with Crippen LogP contribution < -0.4 is 0 Å². The van der Waals surface area contributed by atoms with Crippen molar-refractivity contribution in [2.45, 2.75) is 12.4 Å². The summed E-state index contributed by atoms with van der Waals surface area (Å²) in [6.45, 7) is 0. The van der Waals surface area contributed by atoms with Gasteiger partial charge in [0.15, 0.2) is 0 Å². The summed E-state index contributed by atoms with van der Waals surface area (Å²) in [5.41, 5.74) is -4.76. The summed E-state index contributed by atoms with van der Waals surface area (Å²) >= 11 is 0. The zero-order chi connectivity index (χ0) is 17.3. The Morgan fingerprint density at radius 1 is 1.00 bits per heavy atom. The summed E-state index contributed by atoms with van der Waals surface area (Å²) in [6, 6.07) is 1.05. The number of H-pyrrole nitrogens is 1. The van der Waals surface area contributed by atoms with Crippen molar-refractivity contribution in [3.63, 3.8) is 0 Å². The Hall–Kier alpha value is -2.65. The molecule has 0 aliphatic heterocycles. The molecule has 122 valence electrons. The number of nitrogens with one attached hydrogen (secondary N) is 1. The van der Waals surface area contributed by atoms with E-state index < -0.39 is 34.6 Å². The molecule has 1 heterocycles. The van der Waals surface area contributed by atoms with E-state index in [1.807, 2.05) is 0 Å². The molecule has 2 aromatic rings. The highest BCUT2D eigenvalue weighted by Gasteiger charge is 2.40. The average molecular weight is 335 g/mol.